The quantitative estimate of drug-likeness (QED) is 0.841. The maximum atomic E-state index is 6.21. The van der Waals surface area contributed by atoms with Crippen molar-refractivity contribution >= 4 is 17.5 Å². The van der Waals surface area contributed by atoms with Gasteiger partial charge < -0.3 is 14.4 Å². The van der Waals surface area contributed by atoms with Gasteiger partial charge in [0.05, 0.1) is 20.3 Å². The van der Waals surface area contributed by atoms with Gasteiger partial charge in [-0.2, -0.15) is 0 Å². The molecule has 5 heteroatoms. The second-order valence-corrected chi connectivity index (χ2v) is 5.25. The van der Waals surface area contributed by atoms with E-state index >= 15 is 0 Å². The largest absolute Gasteiger partial charge is 0.479 e. The Morgan fingerprint density at radius 3 is 2.67 bits per heavy atom. The van der Waals surface area contributed by atoms with E-state index in [4.69, 9.17) is 21.1 Å². The Bertz CT molecular complexity index is 466. The molecule has 0 aliphatic carbocycles. The lowest BCUT2D eigenvalue weighted by molar-refractivity contribution is 0.124. The Hall–Kier alpha value is -1.29. The van der Waals surface area contributed by atoms with Crippen LogP contribution in [0, 0.1) is 5.92 Å². The molecule has 100 valence electrons. The maximum absolute atomic E-state index is 6.21. The highest BCUT2D eigenvalue weighted by molar-refractivity contribution is 6.30. The highest BCUT2D eigenvalue weighted by Crippen LogP contribution is 2.31. The van der Waals surface area contributed by atoms with Crippen molar-refractivity contribution in [1.29, 1.82) is 0 Å². The minimum absolute atomic E-state index is 0.445. The number of methoxy groups -OCH3 is 1. The Kier molecular flexibility index (Phi) is 3.76. The van der Waals surface area contributed by atoms with Crippen LogP contribution in [0.5, 0.6) is 0 Å². The molecule has 0 atom stereocenters. The number of rotatable bonds is 4. The third-order valence-corrected chi connectivity index (χ3v) is 3.09. The van der Waals surface area contributed by atoms with Gasteiger partial charge in [0.1, 0.15) is 5.15 Å². The van der Waals surface area contributed by atoms with E-state index in [9.17, 15) is 0 Å². The lowest BCUT2D eigenvalue weighted by Crippen LogP contribution is -2.29. The van der Waals surface area contributed by atoms with E-state index in [1.807, 2.05) is 28.6 Å². The van der Waals surface area contributed by atoms with Crippen molar-refractivity contribution in [3.63, 3.8) is 0 Å². The van der Waals surface area contributed by atoms with Crippen molar-refractivity contribution < 1.29 is 9.47 Å². The molecule has 1 aromatic rings. The molecule has 0 fully saturated rings. The van der Waals surface area contributed by atoms with Gasteiger partial charge in [-0.1, -0.05) is 25.4 Å². The number of fused-ring (bicyclic) bond motifs is 1. The van der Waals surface area contributed by atoms with Crippen LogP contribution in [0.25, 0.3) is 5.88 Å². The van der Waals surface area contributed by atoms with Crippen LogP contribution in [0.3, 0.4) is 0 Å². The third-order valence-electron chi connectivity index (χ3n) is 2.79. The van der Waals surface area contributed by atoms with Gasteiger partial charge in [0, 0.05) is 12.7 Å². The van der Waals surface area contributed by atoms with Crippen molar-refractivity contribution in [2.75, 3.05) is 20.8 Å². The van der Waals surface area contributed by atoms with E-state index in [2.05, 4.69) is 13.8 Å². The second-order valence-electron chi connectivity index (χ2n) is 4.86. The van der Waals surface area contributed by atoms with Crippen molar-refractivity contribution in [3.05, 3.63) is 28.9 Å². The summed E-state index contributed by atoms with van der Waals surface area (Å²) < 4.78 is 13.2. The van der Waals surface area contributed by atoms with Crippen LogP contribution < -0.4 is 0 Å². The zero-order valence-electron chi connectivity index (χ0n) is 11.2. The van der Waals surface area contributed by atoms with E-state index in [1.165, 1.54) is 0 Å². The van der Waals surface area contributed by atoms with Crippen LogP contribution in [-0.4, -0.2) is 30.2 Å². The molecule has 0 saturated heterocycles. The highest BCUT2D eigenvalue weighted by atomic mass is 35.5. The number of nitrogens with zero attached hydrogens (tertiary/aromatic N) is 2. The topological polar surface area (TPSA) is 26.6 Å². The van der Waals surface area contributed by atoms with Crippen LogP contribution in [0.1, 0.15) is 19.5 Å². The molecule has 0 spiro atoms. The Morgan fingerprint density at radius 2 is 2.06 bits per heavy atom. The molecule has 1 aromatic heterocycles. The first-order valence-electron chi connectivity index (χ1n) is 6.03. The van der Waals surface area contributed by atoms with E-state index in [0.717, 1.165) is 12.2 Å². The fourth-order valence-electron chi connectivity index (χ4n) is 1.99. The normalized spacial score (nSPS) is 15.1. The standard InChI is InChI=1S/C13H19ClN2O2/c1-9(2)8-18-13-12(17-4)15(3)7-10-5-6-11(14)16(10)13/h5-6,9H,7-8H2,1-4H3. The van der Waals surface area contributed by atoms with Crippen molar-refractivity contribution in [2.45, 2.75) is 20.4 Å². The summed E-state index contributed by atoms with van der Waals surface area (Å²) in [7, 11) is 3.62. The molecule has 2 heterocycles. The van der Waals surface area contributed by atoms with E-state index in [0.29, 0.717) is 29.4 Å². The van der Waals surface area contributed by atoms with Gasteiger partial charge in [0.15, 0.2) is 0 Å². The highest BCUT2D eigenvalue weighted by Gasteiger charge is 2.26. The number of hydrogen-bond donors (Lipinski definition) is 0. The van der Waals surface area contributed by atoms with Gasteiger partial charge in [-0.25, -0.2) is 0 Å². The predicted octanol–water partition coefficient (Wildman–Crippen LogP) is 2.99. The predicted molar refractivity (Wildman–Crippen MR) is 71.9 cm³/mol. The molecule has 2 rings (SSSR count). The molecular formula is C13H19ClN2O2. The lowest BCUT2D eigenvalue weighted by Gasteiger charge is -2.30. The first kappa shape index (κ1) is 13.1. The average molecular weight is 271 g/mol. The summed E-state index contributed by atoms with van der Waals surface area (Å²) in [5.74, 6) is 1.83. The molecule has 1 aliphatic rings. The molecule has 0 bridgehead atoms. The number of aromatic nitrogens is 1. The van der Waals surface area contributed by atoms with Gasteiger partial charge in [-0.3, -0.25) is 4.57 Å². The Labute approximate surface area is 113 Å². The minimum atomic E-state index is 0.445. The lowest BCUT2D eigenvalue weighted by atomic mass is 10.2. The Balaban J connectivity index is 2.41. The molecule has 0 N–H and O–H groups in total. The summed E-state index contributed by atoms with van der Waals surface area (Å²) in [6.45, 7) is 5.60. The Morgan fingerprint density at radius 1 is 1.33 bits per heavy atom. The summed E-state index contributed by atoms with van der Waals surface area (Å²) in [6, 6.07) is 3.88. The summed E-state index contributed by atoms with van der Waals surface area (Å²) in [5, 5.41) is 0.645. The second kappa shape index (κ2) is 5.14. The summed E-state index contributed by atoms with van der Waals surface area (Å²) in [4.78, 5) is 2.02. The molecule has 1 aliphatic heterocycles. The SMILES string of the molecule is COC1=C(OCC(C)C)n2c(Cl)ccc2CN1C. The molecule has 0 amide bonds. The van der Waals surface area contributed by atoms with Crippen molar-refractivity contribution in [1.82, 2.24) is 9.47 Å². The molecule has 0 unspecified atom stereocenters. The molecule has 0 aromatic carbocycles. The maximum Gasteiger partial charge on any atom is 0.261 e. The summed E-state index contributed by atoms with van der Waals surface area (Å²) >= 11 is 6.21. The van der Waals surface area contributed by atoms with Gasteiger partial charge >= 0.3 is 0 Å². The molecule has 4 nitrogen and oxygen atoms in total. The van der Waals surface area contributed by atoms with Crippen LogP contribution in [0.2, 0.25) is 5.15 Å². The van der Waals surface area contributed by atoms with Crippen LogP contribution in [0.15, 0.2) is 18.0 Å². The number of hydrogen-bond acceptors (Lipinski definition) is 3. The van der Waals surface area contributed by atoms with Gasteiger partial charge in [-0.15, -0.1) is 0 Å². The van der Waals surface area contributed by atoms with Crippen LogP contribution in [-0.2, 0) is 16.0 Å². The molecule has 0 radical (unpaired) electrons. The van der Waals surface area contributed by atoms with Crippen LogP contribution >= 0.6 is 11.6 Å². The van der Waals surface area contributed by atoms with Crippen LogP contribution in [0.4, 0.5) is 0 Å². The van der Waals surface area contributed by atoms with Gasteiger partial charge in [0.2, 0.25) is 0 Å². The monoisotopic (exact) mass is 270 g/mol. The zero-order chi connectivity index (χ0) is 13.3. The molecular weight excluding hydrogens is 252 g/mol. The average Bonchev–Trinajstić information content (AvgIpc) is 2.67. The molecule has 0 saturated carbocycles. The summed E-state index contributed by atoms with van der Waals surface area (Å²) in [6.07, 6.45) is 0. The zero-order valence-corrected chi connectivity index (χ0v) is 12.0. The van der Waals surface area contributed by atoms with E-state index in [-0.39, 0.29) is 0 Å². The first-order valence-corrected chi connectivity index (χ1v) is 6.41. The van der Waals surface area contributed by atoms with Crippen molar-refractivity contribution in [2.24, 2.45) is 5.92 Å². The van der Waals surface area contributed by atoms with Gasteiger partial charge in [-0.05, 0) is 18.1 Å². The summed E-state index contributed by atoms with van der Waals surface area (Å²) in [5.41, 5.74) is 1.10. The van der Waals surface area contributed by atoms with E-state index in [1.54, 1.807) is 7.11 Å². The number of ether oxygens (including phenoxy) is 2. The molecule has 18 heavy (non-hydrogen) atoms. The minimum Gasteiger partial charge on any atom is -0.479 e. The third kappa shape index (κ3) is 2.29. The fourth-order valence-corrected chi connectivity index (χ4v) is 2.24. The first-order chi connectivity index (χ1) is 8.54. The van der Waals surface area contributed by atoms with Crippen molar-refractivity contribution in [3.8, 4) is 0 Å². The fraction of sp³-hybridized carbons (Fsp3) is 0.538. The smallest absolute Gasteiger partial charge is 0.261 e. The number of halogens is 1. The van der Waals surface area contributed by atoms with Gasteiger partial charge in [0.25, 0.3) is 11.8 Å². The van der Waals surface area contributed by atoms with E-state index < -0.39 is 0 Å².